The van der Waals surface area contributed by atoms with Crippen LogP contribution in [0.5, 0.6) is 0 Å². The molecule has 3 heterocycles. The molecule has 2 bridgehead atoms. The molecule has 0 spiro atoms. The molecule has 3 aliphatic heterocycles. The molecule has 13 N–H and O–H groups in total. The maximum Gasteiger partial charge on any atom is 0.311 e. The van der Waals surface area contributed by atoms with Gasteiger partial charge in [-0.15, -0.1) is 0 Å². The monoisotopic (exact) mass is 923 g/mol. The van der Waals surface area contributed by atoms with Crippen molar-refractivity contribution in [3.8, 4) is 0 Å². The summed E-state index contributed by atoms with van der Waals surface area (Å²) in [5.41, 5.74) is 6.02. The van der Waals surface area contributed by atoms with Crippen LogP contribution in [0.25, 0.3) is 0 Å². The van der Waals surface area contributed by atoms with Crippen LogP contribution in [0.4, 0.5) is 0 Å². The lowest BCUT2D eigenvalue weighted by Gasteiger charge is -2.45. The van der Waals surface area contributed by atoms with Gasteiger partial charge in [0, 0.05) is 37.5 Å². The molecule has 0 aliphatic carbocycles. The molecular weight excluding hydrogens is 851 g/mol. The molecule has 65 heavy (non-hydrogen) atoms. The topological polar surface area (TPSA) is 320 Å². The highest BCUT2D eigenvalue weighted by Gasteiger charge is 2.51. The zero-order valence-corrected chi connectivity index (χ0v) is 37.6. The predicted molar refractivity (Wildman–Crippen MR) is 237 cm³/mol. The molecule has 18 nitrogen and oxygen atoms in total. The van der Waals surface area contributed by atoms with Crippen LogP contribution >= 0.6 is 0 Å². The second kappa shape index (κ2) is 27.4. The van der Waals surface area contributed by atoms with Crippen LogP contribution in [-0.4, -0.2) is 166 Å². The van der Waals surface area contributed by atoms with Crippen molar-refractivity contribution in [1.29, 1.82) is 0 Å². The van der Waals surface area contributed by atoms with Gasteiger partial charge in [-0.2, -0.15) is 0 Å². The Kier molecular flexibility index (Phi) is 23.6. The summed E-state index contributed by atoms with van der Waals surface area (Å²) in [6.45, 7) is 6.74. The number of ether oxygens (including phenoxy) is 4. The molecular formula is C47H73NO17. The van der Waals surface area contributed by atoms with E-state index in [0.717, 1.165) is 0 Å². The SMILES string of the molecule is C[C@@H]1[C@H](O)[C@@H](C)/C=C/C=C/C=C/C=C/C=C/C=C/C=C/[C@H](O[C@@H]2O[C@H](C)[C@H](O)[C@@H](N)[C@@H]2O)C[C@@H]2O[C@](O)(C[C@@H](O)C[C@@H](O)[C@H](O)CC[C@@H](O)C[C@@H](O)CC(=O)O[C@H]1C)C[C@H](O)[C@H]2C(=O)O. The zero-order valence-electron chi connectivity index (χ0n) is 37.6. The van der Waals surface area contributed by atoms with E-state index < -0.39 is 147 Å². The van der Waals surface area contributed by atoms with Gasteiger partial charge in [-0.3, -0.25) is 9.59 Å². The molecule has 3 aliphatic rings. The van der Waals surface area contributed by atoms with Gasteiger partial charge >= 0.3 is 11.9 Å². The quantitative estimate of drug-likeness (QED) is 0.174. The minimum atomic E-state index is -2.33. The minimum Gasteiger partial charge on any atom is -0.481 e. The lowest BCUT2D eigenvalue weighted by atomic mass is 9.82. The van der Waals surface area contributed by atoms with Gasteiger partial charge in [0.25, 0.3) is 0 Å². The fourth-order valence-corrected chi connectivity index (χ4v) is 7.97. The zero-order chi connectivity index (χ0) is 48.4. The van der Waals surface area contributed by atoms with E-state index in [2.05, 4.69) is 0 Å². The summed E-state index contributed by atoms with van der Waals surface area (Å²) >= 11 is 0. The van der Waals surface area contributed by atoms with Crippen molar-refractivity contribution in [2.24, 2.45) is 23.5 Å². The summed E-state index contributed by atoms with van der Waals surface area (Å²) < 4.78 is 23.1. The summed E-state index contributed by atoms with van der Waals surface area (Å²) in [7, 11) is 0. The number of carbonyl (C=O) groups excluding carboxylic acids is 1. The number of allylic oxidation sites excluding steroid dienone is 12. The molecule has 368 valence electrons. The highest BCUT2D eigenvalue weighted by molar-refractivity contribution is 5.71. The van der Waals surface area contributed by atoms with Gasteiger partial charge in [0.15, 0.2) is 12.1 Å². The third-order valence-corrected chi connectivity index (χ3v) is 12.0. The number of rotatable bonds is 3. The normalized spacial score (nSPS) is 45.5. The Hall–Kier alpha value is -3.44. The van der Waals surface area contributed by atoms with E-state index in [-0.39, 0.29) is 31.6 Å². The first kappa shape index (κ1) is 55.9. The average Bonchev–Trinajstić information content (AvgIpc) is 3.21. The fourth-order valence-electron chi connectivity index (χ4n) is 7.97. The molecule has 2 fully saturated rings. The first-order valence-corrected chi connectivity index (χ1v) is 22.3. The van der Waals surface area contributed by atoms with E-state index in [1.54, 1.807) is 80.7 Å². The Balaban J connectivity index is 1.86. The lowest BCUT2D eigenvalue weighted by molar-refractivity contribution is -0.308. The number of hydrogen-bond acceptors (Lipinski definition) is 17. The van der Waals surface area contributed by atoms with Gasteiger partial charge in [-0.1, -0.05) is 98.9 Å². The molecule has 19 atom stereocenters. The minimum absolute atomic E-state index is 0.107. The first-order valence-electron chi connectivity index (χ1n) is 22.3. The molecule has 0 unspecified atom stereocenters. The van der Waals surface area contributed by atoms with Gasteiger partial charge in [0.2, 0.25) is 0 Å². The Morgan fingerprint density at radius 1 is 0.662 bits per heavy atom. The number of carbonyl (C=O) groups is 2. The third kappa shape index (κ3) is 18.6. The Bertz CT molecular complexity index is 1670. The number of aliphatic carboxylic acids is 1. The lowest BCUT2D eigenvalue weighted by Crippen LogP contribution is -2.61. The molecule has 0 aromatic rings. The second-order valence-electron chi connectivity index (χ2n) is 17.6. The number of aliphatic hydroxyl groups is 10. The van der Waals surface area contributed by atoms with E-state index in [1.807, 2.05) is 19.1 Å². The van der Waals surface area contributed by atoms with Gasteiger partial charge in [-0.05, 0) is 33.1 Å². The van der Waals surface area contributed by atoms with E-state index in [4.69, 9.17) is 24.7 Å². The Labute approximate surface area is 381 Å². The van der Waals surface area contributed by atoms with Crippen molar-refractivity contribution in [2.45, 2.75) is 177 Å². The van der Waals surface area contributed by atoms with Crippen LogP contribution in [0.2, 0.25) is 0 Å². The standard InChI is InChI=1S/C47H73NO17/c1-27-17-15-13-11-9-7-5-6-8-10-12-14-16-18-34(64-46-44(58)41(48)43(57)30(4)63-46)24-38-40(45(59)60)37(54)26-47(61,65-38)25-33(51)22-36(53)35(52)20-19-31(49)21-32(50)23-39(55)62-29(3)28(2)42(27)56/h5-18,27-38,40-44,46,49-54,56-58,61H,19-26,48H2,1-4H3,(H,59,60)/b6-5+,9-7+,10-8+,13-11+,14-12+,17-15+,18-16+/t27-,28-,29-,30+,31+,32+,33-,34-,35+,36+,37-,38-,40+,41+,42+,43-,44-,46-,47+/m0/s1. The third-order valence-electron chi connectivity index (χ3n) is 12.0. The fraction of sp³-hybridized carbons (Fsp3) is 0.660. The smallest absolute Gasteiger partial charge is 0.311 e. The molecule has 0 aromatic carbocycles. The van der Waals surface area contributed by atoms with E-state index in [0.29, 0.717) is 0 Å². The largest absolute Gasteiger partial charge is 0.481 e. The van der Waals surface area contributed by atoms with E-state index >= 15 is 0 Å². The van der Waals surface area contributed by atoms with Crippen LogP contribution < -0.4 is 5.73 Å². The van der Waals surface area contributed by atoms with Crippen LogP contribution in [0, 0.1) is 17.8 Å². The summed E-state index contributed by atoms with van der Waals surface area (Å²) in [6.07, 6.45) is 3.46. The maximum absolute atomic E-state index is 12.6. The molecule has 0 radical (unpaired) electrons. The van der Waals surface area contributed by atoms with E-state index in [1.165, 1.54) is 13.0 Å². The van der Waals surface area contributed by atoms with Crippen molar-refractivity contribution in [2.75, 3.05) is 0 Å². The number of aliphatic hydroxyl groups excluding tert-OH is 9. The molecule has 0 aromatic heterocycles. The summed E-state index contributed by atoms with van der Waals surface area (Å²) in [4.78, 5) is 25.1. The van der Waals surface area contributed by atoms with Crippen molar-refractivity contribution in [1.82, 2.24) is 0 Å². The van der Waals surface area contributed by atoms with Crippen molar-refractivity contribution in [3.63, 3.8) is 0 Å². The van der Waals surface area contributed by atoms with Gasteiger partial charge < -0.3 is 80.9 Å². The summed E-state index contributed by atoms with van der Waals surface area (Å²) in [5.74, 6) is -6.83. The molecule has 18 heteroatoms. The number of cyclic esters (lactones) is 1. The van der Waals surface area contributed by atoms with Crippen LogP contribution in [0.1, 0.15) is 79.1 Å². The Morgan fingerprint density at radius 3 is 1.82 bits per heavy atom. The average molecular weight is 924 g/mol. The van der Waals surface area contributed by atoms with Crippen molar-refractivity contribution in [3.05, 3.63) is 85.1 Å². The number of fused-ring (bicyclic) bond motifs is 2. The number of carboxylic acids is 1. The second-order valence-corrected chi connectivity index (χ2v) is 17.6. The van der Waals surface area contributed by atoms with Crippen molar-refractivity contribution < 1.29 is 84.7 Å². The van der Waals surface area contributed by atoms with Crippen LogP contribution in [-0.2, 0) is 28.5 Å². The number of carboxylic acid groups (broad SMARTS) is 1. The number of esters is 1. The molecule has 3 rings (SSSR count). The maximum atomic E-state index is 12.6. The number of nitrogens with two attached hydrogens (primary N) is 1. The molecule has 0 saturated carbocycles. The van der Waals surface area contributed by atoms with Crippen molar-refractivity contribution >= 4 is 11.9 Å². The van der Waals surface area contributed by atoms with Crippen LogP contribution in [0.15, 0.2) is 85.1 Å². The summed E-state index contributed by atoms with van der Waals surface area (Å²) in [6, 6.07) is -1.15. The predicted octanol–water partition coefficient (Wildman–Crippen LogP) is 0.712. The van der Waals surface area contributed by atoms with E-state index in [9.17, 15) is 65.8 Å². The van der Waals surface area contributed by atoms with Gasteiger partial charge in [-0.25, -0.2) is 0 Å². The summed E-state index contributed by atoms with van der Waals surface area (Å²) in [5, 5.41) is 118. The Morgan fingerprint density at radius 2 is 1.23 bits per heavy atom. The molecule has 2 saturated heterocycles. The van der Waals surface area contributed by atoms with Gasteiger partial charge in [0.05, 0.1) is 79.6 Å². The highest BCUT2D eigenvalue weighted by atomic mass is 16.7. The first-order chi connectivity index (χ1) is 30.6. The van der Waals surface area contributed by atoms with Crippen LogP contribution in [0.3, 0.4) is 0 Å². The highest BCUT2D eigenvalue weighted by Crippen LogP contribution is 2.38. The van der Waals surface area contributed by atoms with Gasteiger partial charge in [0.1, 0.15) is 18.1 Å². The molecule has 0 amide bonds. The number of hydrogen-bond donors (Lipinski definition) is 12.